The van der Waals surface area contributed by atoms with Gasteiger partial charge in [-0.3, -0.25) is 0 Å². The fourth-order valence-corrected chi connectivity index (χ4v) is 9.52. The number of para-hydroxylation sites is 3. The lowest BCUT2D eigenvalue weighted by Crippen LogP contribution is -2.09. The number of hydrogen-bond donors (Lipinski definition) is 0. The Morgan fingerprint density at radius 3 is 1.98 bits per heavy atom. The number of benzene rings is 10. The zero-order chi connectivity index (χ0) is 46.6. The minimum Gasteiger partial charge on any atom is -0.455 e. The zero-order valence-electron chi connectivity index (χ0n) is 39.2. The van der Waals surface area contributed by atoms with Crippen molar-refractivity contribution in [2.75, 3.05) is 4.90 Å². The minimum atomic E-state index is -0.167. The molecule has 65 heavy (non-hydrogen) atoms. The van der Waals surface area contributed by atoms with Gasteiger partial charge < -0.3 is 13.9 Å². The van der Waals surface area contributed by atoms with E-state index in [1.165, 1.54) is 10.8 Å². The second-order valence-corrected chi connectivity index (χ2v) is 16.3. The molecule has 0 aliphatic carbocycles. The summed E-state index contributed by atoms with van der Waals surface area (Å²) in [6.45, 7) is 0.944. The number of aromatic nitrogens is 1. The van der Waals surface area contributed by atoms with E-state index in [0.717, 1.165) is 100 Å². The van der Waals surface area contributed by atoms with Crippen LogP contribution >= 0.6 is 0 Å². The normalized spacial score (nSPS) is 13.6. The van der Waals surface area contributed by atoms with E-state index in [9.17, 15) is 2.74 Å². The van der Waals surface area contributed by atoms with Gasteiger partial charge in [-0.05, 0) is 111 Å². The highest BCUT2D eigenvalue weighted by Crippen LogP contribution is 2.41. The van der Waals surface area contributed by atoms with E-state index in [-0.39, 0.29) is 23.7 Å². The van der Waals surface area contributed by atoms with Crippen LogP contribution in [0, 0.1) is 0 Å². The average molecular weight is 835 g/mol. The lowest BCUT2D eigenvalue weighted by Gasteiger charge is -2.24. The quantitative estimate of drug-likeness (QED) is 0.135. The Hall–Kier alpha value is -8.66. The highest BCUT2D eigenvalue weighted by Gasteiger charge is 2.17. The van der Waals surface area contributed by atoms with Crippen LogP contribution < -0.4 is 4.90 Å². The van der Waals surface area contributed by atoms with Crippen molar-refractivity contribution in [2.45, 2.75) is 0 Å². The van der Waals surface area contributed by atoms with Crippen LogP contribution in [0.1, 0.15) is 11.0 Å². The molecule has 0 bridgehead atoms. The molecule has 0 saturated carbocycles. The first-order valence-electron chi connectivity index (χ1n) is 23.9. The van der Waals surface area contributed by atoms with Gasteiger partial charge in [0, 0.05) is 50.1 Å². The molecule has 0 atom stereocenters. The molecule has 0 radical (unpaired) electrons. The van der Waals surface area contributed by atoms with Crippen LogP contribution in [0.5, 0.6) is 0 Å². The third-order valence-electron chi connectivity index (χ3n) is 12.6. The Kier molecular flexibility index (Phi) is 8.30. The van der Waals surface area contributed by atoms with Crippen LogP contribution in [0.3, 0.4) is 0 Å². The Morgan fingerprint density at radius 1 is 0.523 bits per heavy atom. The van der Waals surface area contributed by atoms with Crippen molar-refractivity contribution >= 4 is 82.2 Å². The van der Waals surface area contributed by atoms with Crippen molar-refractivity contribution < 1.29 is 9.90 Å². The van der Waals surface area contributed by atoms with E-state index in [4.69, 9.17) is 7.16 Å². The molecule has 2 aromatic heterocycles. The number of fused-ring (bicyclic) bond motifs is 9. The molecular formula is C62H42N2O. The number of anilines is 2. The molecule has 0 saturated heterocycles. The molecular weight excluding hydrogens is 789 g/mol. The van der Waals surface area contributed by atoms with Crippen LogP contribution in [0.15, 0.2) is 254 Å². The lowest BCUT2D eigenvalue weighted by molar-refractivity contribution is 0.672. The molecule has 2 heterocycles. The lowest BCUT2D eigenvalue weighted by atomic mass is 9.98. The highest BCUT2D eigenvalue weighted by molar-refractivity contribution is 6.16. The zero-order valence-corrected chi connectivity index (χ0v) is 35.2. The topological polar surface area (TPSA) is 21.3 Å². The Bertz CT molecular complexity index is 4020. The molecule has 0 aliphatic heterocycles. The first kappa shape index (κ1) is 33.9. The van der Waals surface area contributed by atoms with Crippen molar-refractivity contribution in [3.05, 3.63) is 255 Å². The fourth-order valence-electron chi connectivity index (χ4n) is 9.52. The Balaban J connectivity index is 1.00. The summed E-state index contributed by atoms with van der Waals surface area (Å²) in [5, 5.41) is 8.42. The number of furan rings is 1. The molecule has 12 aromatic rings. The summed E-state index contributed by atoms with van der Waals surface area (Å²) < 4.78 is 45.2. The van der Waals surface area contributed by atoms with Gasteiger partial charge >= 0.3 is 0 Å². The van der Waals surface area contributed by atoms with Crippen molar-refractivity contribution in [3.63, 3.8) is 0 Å². The van der Waals surface area contributed by atoms with Gasteiger partial charge in [-0.2, -0.15) is 0 Å². The third-order valence-corrected chi connectivity index (χ3v) is 12.6. The van der Waals surface area contributed by atoms with E-state index < -0.39 is 0 Å². The summed E-state index contributed by atoms with van der Waals surface area (Å²) in [6, 6.07) is 74.0. The van der Waals surface area contributed by atoms with Gasteiger partial charge in [0.05, 0.1) is 22.2 Å². The summed E-state index contributed by atoms with van der Waals surface area (Å²) in [7, 11) is 0. The predicted octanol–water partition coefficient (Wildman–Crippen LogP) is 17.2. The van der Waals surface area contributed by atoms with Gasteiger partial charge in [-0.25, -0.2) is 0 Å². The number of allylic oxidation sites excluding steroid dienone is 4. The third kappa shape index (κ3) is 6.61. The fraction of sp³-hybridized carbons (Fsp3) is 0. The van der Waals surface area contributed by atoms with Gasteiger partial charge in [0.15, 0.2) is 0 Å². The van der Waals surface area contributed by atoms with Crippen molar-refractivity contribution in [3.8, 4) is 27.9 Å². The SMILES string of the molecule is [2H]C=C([2H])/C(=C([2H])\C([2H])=C\N(c1ccc(-c2cccc(-n3c4ccccc4c4ccccc43)c2)cc1)c1ccccc1-c1ccc2oc3c4ccccc4ccc3c2c1)c1cccc2ccccc12. The number of rotatable bonds is 9. The summed E-state index contributed by atoms with van der Waals surface area (Å²) >= 11 is 0. The van der Waals surface area contributed by atoms with Gasteiger partial charge in [-0.1, -0.05) is 176 Å². The maximum atomic E-state index is 9.65. The maximum Gasteiger partial charge on any atom is 0.143 e. The summed E-state index contributed by atoms with van der Waals surface area (Å²) in [4.78, 5) is 1.96. The second-order valence-electron chi connectivity index (χ2n) is 16.3. The molecule has 0 unspecified atom stereocenters. The van der Waals surface area contributed by atoms with Crippen molar-refractivity contribution in [1.82, 2.24) is 4.57 Å². The monoisotopic (exact) mass is 834 g/mol. The second kappa shape index (κ2) is 15.9. The van der Waals surface area contributed by atoms with Crippen molar-refractivity contribution in [2.24, 2.45) is 0 Å². The number of hydrogen-bond acceptors (Lipinski definition) is 2. The standard InChI is InChI=1S/C62H42N2O/c1-2-42(50-27-14-18-44-16-3-5-22-51(44)50)20-15-39-63(58-28-10-7-23-52(58)47-34-38-61-57(41-47)56-37-33-45-17-4-6-24-53(45)62(56)65-61)48-35-31-43(32-36-48)46-19-13-21-49(40-46)64-59-29-11-8-25-54(59)55-26-9-12-30-60(55)64/h2-41H,1H2/b39-15+,42-20+/i1D,2D,15D,20D/b2-1?,39-15+,42-20+. The van der Waals surface area contributed by atoms with E-state index >= 15 is 0 Å². The van der Waals surface area contributed by atoms with Crippen LogP contribution in [0.4, 0.5) is 11.4 Å². The van der Waals surface area contributed by atoms with Gasteiger partial charge in [-0.15, -0.1) is 0 Å². The van der Waals surface area contributed by atoms with Crippen LogP contribution in [-0.2, 0) is 0 Å². The van der Waals surface area contributed by atoms with Crippen LogP contribution in [-0.4, -0.2) is 4.57 Å². The highest BCUT2D eigenvalue weighted by atomic mass is 16.3. The summed E-state index contributed by atoms with van der Waals surface area (Å²) in [5.74, 6) is 0. The van der Waals surface area contributed by atoms with E-state index in [1.807, 2.05) is 83.8 Å². The molecule has 3 nitrogen and oxygen atoms in total. The minimum absolute atomic E-state index is 0.120. The van der Waals surface area contributed by atoms with Crippen molar-refractivity contribution in [1.29, 1.82) is 0 Å². The smallest absolute Gasteiger partial charge is 0.143 e. The van der Waals surface area contributed by atoms with E-state index in [1.54, 1.807) is 6.20 Å². The van der Waals surface area contributed by atoms with Crippen LogP contribution in [0.25, 0.3) is 98.8 Å². The van der Waals surface area contributed by atoms with Gasteiger partial charge in [0.2, 0.25) is 0 Å². The average Bonchev–Trinajstić information content (AvgIpc) is 3.96. The molecule has 0 aliphatic rings. The molecule has 0 amide bonds. The first-order chi connectivity index (χ1) is 33.9. The Morgan fingerprint density at radius 2 is 1.18 bits per heavy atom. The summed E-state index contributed by atoms with van der Waals surface area (Å²) in [6.07, 6.45) is 1.67. The summed E-state index contributed by atoms with van der Waals surface area (Å²) in [5.41, 5.74) is 11.4. The van der Waals surface area contributed by atoms with Gasteiger partial charge in [0.1, 0.15) is 11.2 Å². The maximum absolute atomic E-state index is 9.65. The van der Waals surface area contributed by atoms with E-state index in [0.29, 0.717) is 5.56 Å². The van der Waals surface area contributed by atoms with Crippen LogP contribution in [0.2, 0.25) is 0 Å². The first-order valence-corrected chi connectivity index (χ1v) is 21.8. The molecule has 3 heteroatoms. The van der Waals surface area contributed by atoms with E-state index in [2.05, 4.69) is 144 Å². The molecule has 306 valence electrons. The largest absolute Gasteiger partial charge is 0.455 e. The molecule has 0 N–H and O–H groups in total. The molecule has 0 fully saturated rings. The Labute approximate surface area is 383 Å². The molecule has 12 rings (SSSR count). The van der Waals surface area contributed by atoms with Gasteiger partial charge in [0.25, 0.3) is 0 Å². The predicted molar refractivity (Wildman–Crippen MR) is 276 cm³/mol. The molecule has 10 aromatic carbocycles. The molecule has 0 spiro atoms. The number of nitrogens with zero attached hydrogens (tertiary/aromatic N) is 2.